The van der Waals surface area contributed by atoms with Crippen molar-refractivity contribution in [3.8, 4) is 0 Å². The van der Waals surface area contributed by atoms with Crippen LogP contribution in [-0.2, 0) is 37.4 Å². The number of nitrogens with one attached hydrogen (secondary N) is 2. The molecule has 5 rings (SSSR count). The van der Waals surface area contributed by atoms with Crippen LogP contribution in [0, 0.1) is 0 Å². The number of thiophene rings is 1. The van der Waals surface area contributed by atoms with Crippen LogP contribution in [-0.4, -0.2) is 44.0 Å². The molecule has 1 aromatic carbocycles. The third-order valence-electron chi connectivity index (χ3n) is 6.60. The number of amides is 3. The summed E-state index contributed by atoms with van der Waals surface area (Å²) in [6.07, 6.45) is 3.56. The van der Waals surface area contributed by atoms with E-state index in [4.69, 9.17) is 4.74 Å². The predicted octanol–water partition coefficient (Wildman–Crippen LogP) is 2.39. The van der Waals surface area contributed by atoms with Crippen molar-refractivity contribution in [1.29, 1.82) is 0 Å². The number of carbonyl (C=O) groups is 3. The highest BCUT2D eigenvalue weighted by Gasteiger charge is 2.36. The van der Waals surface area contributed by atoms with Crippen LogP contribution in [0.5, 0.6) is 0 Å². The van der Waals surface area contributed by atoms with E-state index in [0.29, 0.717) is 44.8 Å². The molecule has 1 aromatic heterocycles. The van der Waals surface area contributed by atoms with Gasteiger partial charge in [-0.3, -0.25) is 14.4 Å². The second-order valence-corrected chi connectivity index (χ2v) is 9.39. The Labute approximate surface area is 184 Å². The van der Waals surface area contributed by atoms with Gasteiger partial charge in [0.25, 0.3) is 0 Å². The number of anilines is 2. The molecular formula is C23H25N3O4S. The fourth-order valence-electron chi connectivity index (χ4n) is 4.90. The van der Waals surface area contributed by atoms with Gasteiger partial charge in [0.05, 0.1) is 5.69 Å². The third-order valence-corrected chi connectivity index (χ3v) is 7.71. The molecule has 0 radical (unpaired) electrons. The molecule has 3 aliphatic heterocycles. The average Bonchev–Trinajstić information content (AvgIpc) is 3.47. The van der Waals surface area contributed by atoms with Crippen molar-refractivity contribution in [3.05, 3.63) is 45.6 Å². The van der Waals surface area contributed by atoms with E-state index in [1.807, 2.05) is 28.5 Å². The van der Waals surface area contributed by atoms with Gasteiger partial charge in [-0.25, -0.2) is 0 Å². The van der Waals surface area contributed by atoms with Crippen molar-refractivity contribution in [2.24, 2.45) is 0 Å². The molecule has 3 amide bonds. The summed E-state index contributed by atoms with van der Waals surface area (Å²) >= 11 is 1.68. The summed E-state index contributed by atoms with van der Waals surface area (Å²) < 4.78 is 5.52. The summed E-state index contributed by atoms with van der Waals surface area (Å²) in [7, 11) is 0. The van der Waals surface area contributed by atoms with Crippen LogP contribution in [0.15, 0.2) is 29.6 Å². The van der Waals surface area contributed by atoms with Crippen molar-refractivity contribution in [3.63, 3.8) is 0 Å². The van der Waals surface area contributed by atoms with E-state index < -0.39 is 11.8 Å². The molecular weight excluding hydrogens is 414 g/mol. The van der Waals surface area contributed by atoms with Gasteiger partial charge in [-0.2, -0.15) is 0 Å². The number of benzene rings is 1. The smallest absolute Gasteiger partial charge is 0.313 e. The van der Waals surface area contributed by atoms with Crippen molar-refractivity contribution < 1.29 is 19.1 Å². The van der Waals surface area contributed by atoms with E-state index in [1.165, 1.54) is 4.88 Å². The molecule has 1 fully saturated rings. The van der Waals surface area contributed by atoms with Crippen molar-refractivity contribution in [2.75, 3.05) is 36.5 Å². The molecule has 8 heteroatoms. The lowest BCUT2D eigenvalue weighted by molar-refractivity contribution is -0.136. The fourth-order valence-corrected chi connectivity index (χ4v) is 5.89. The quantitative estimate of drug-likeness (QED) is 0.716. The van der Waals surface area contributed by atoms with E-state index in [2.05, 4.69) is 16.7 Å². The maximum Gasteiger partial charge on any atom is 0.313 e. The van der Waals surface area contributed by atoms with Crippen LogP contribution in [0.1, 0.15) is 35.3 Å². The largest absolute Gasteiger partial charge is 0.381 e. The predicted molar refractivity (Wildman–Crippen MR) is 119 cm³/mol. The zero-order chi connectivity index (χ0) is 21.4. The molecule has 0 spiro atoms. The van der Waals surface area contributed by atoms with Crippen LogP contribution in [0.3, 0.4) is 0 Å². The first kappa shape index (κ1) is 20.2. The summed E-state index contributed by atoms with van der Waals surface area (Å²) in [5.74, 6) is -1.13. The highest BCUT2D eigenvalue weighted by molar-refractivity contribution is 7.10. The van der Waals surface area contributed by atoms with Crippen molar-refractivity contribution >= 4 is 40.4 Å². The molecule has 31 heavy (non-hydrogen) atoms. The third kappa shape index (κ3) is 3.74. The van der Waals surface area contributed by atoms with E-state index in [0.717, 1.165) is 36.1 Å². The van der Waals surface area contributed by atoms with Gasteiger partial charge in [0, 0.05) is 48.7 Å². The molecule has 162 valence electrons. The van der Waals surface area contributed by atoms with E-state index >= 15 is 0 Å². The molecule has 1 saturated heterocycles. The van der Waals surface area contributed by atoms with Crippen LogP contribution < -0.4 is 15.5 Å². The van der Waals surface area contributed by atoms with Crippen LogP contribution >= 0.6 is 11.3 Å². The lowest BCUT2D eigenvalue weighted by atomic mass is 9.78. The standard InChI is InChI=1S/C23H25N3O4S/c27-19-4-3-15-12-17(13-16-5-8-26(19)20(15)16)25-22(29)21(28)24-14-23(6-9-30-10-7-23)18-2-1-11-31-18/h1-2,11-13H,3-10,14H2,(H,24,28)(H,25,29). The molecule has 0 unspecified atom stereocenters. The lowest BCUT2D eigenvalue weighted by Gasteiger charge is -2.36. The Kier molecular flexibility index (Phi) is 5.27. The maximum atomic E-state index is 12.6. The number of hydrogen-bond donors (Lipinski definition) is 2. The molecule has 0 saturated carbocycles. The number of aryl methyl sites for hydroxylation is 1. The molecule has 2 aromatic rings. The van der Waals surface area contributed by atoms with Crippen LogP contribution in [0.2, 0.25) is 0 Å². The zero-order valence-electron chi connectivity index (χ0n) is 17.2. The second-order valence-electron chi connectivity index (χ2n) is 8.45. The van der Waals surface area contributed by atoms with Gasteiger partial charge in [-0.05, 0) is 60.4 Å². The lowest BCUT2D eigenvalue weighted by Crippen LogP contribution is -2.46. The average molecular weight is 440 g/mol. The fraction of sp³-hybridized carbons (Fsp3) is 0.435. The SMILES string of the molecule is O=C(NCC1(c2cccs2)CCOCC1)C(=O)Nc1cc2c3c(c1)CCN3C(=O)CC2. The van der Waals surface area contributed by atoms with Crippen LogP contribution in [0.25, 0.3) is 0 Å². The van der Waals surface area contributed by atoms with Crippen molar-refractivity contribution in [1.82, 2.24) is 5.32 Å². The highest BCUT2D eigenvalue weighted by atomic mass is 32.1. The number of ether oxygens (including phenoxy) is 1. The van der Waals surface area contributed by atoms with Gasteiger partial charge in [0.15, 0.2) is 0 Å². The van der Waals surface area contributed by atoms with E-state index in [-0.39, 0.29) is 11.3 Å². The summed E-state index contributed by atoms with van der Waals surface area (Å²) in [6.45, 7) is 2.40. The minimum absolute atomic E-state index is 0.162. The summed E-state index contributed by atoms with van der Waals surface area (Å²) in [6, 6.07) is 7.88. The first-order valence-electron chi connectivity index (χ1n) is 10.7. The highest BCUT2D eigenvalue weighted by Crippen LogP contribution is 2.39. The first-order chi connectivity index (χ1) is 15.1. The minimum atomic E-state index is -0.665. The topological polar surface area (TPSA) is 87.7 Å². The number of hydrogen-bond acceptors (Lipinski definition) is 5. The van der Waals surface area contributed by atoms with Gasteiger partial charge >= 0.3 is 11.8 Å². The number of carbonyl (C=O) groups excluding carboxylic acids is 3. The number of nitrogens with zero attached hydrogens (tertiary/aromatic N) is 1. The van der Waals surface area contributed by atoms with Gasteiger partial charge in [0.1, 0.15) is 0 Å². The van der Waals surface area contributed by atoms with E-state index in [9.17, 15) is 14.4 Å². The van der Waals surface area contributed by atoms with Crippen molar-refractivity contribution in [2.45, 2.75) is 37.5 Å². The Bertz CT molecular complexity index is 1030. The summed E-state index contributed by atoms with van der Waals surface area (Å²) in [4.78, 5) is 40.3. The van der Waals surface area contributed by atoms with E-state index in [1.54, 1.807) is 11.3 Å². The van der Waals surface area contributed by atoms with Gasteiger partial charge in [-0.15, -0.1) is 11.3 Å². The van der Waals surface area contributed by atoms with Gasteiger partial charge < -0.3 is 20.3 Å². The minimum Gasteiger partial charge on any atom is -0.381 e. The summed E-state index contributed by atoms with van der Waals surface area (Å²) in [5, 5.41) is 7.65. The monoisotopic (exact) mass is 439 g/mol. The Morgan fingerprint density at radius 1 is 1.10 bits per heavy atom. The molecule has 0 aliphatic carbocycles. The molecule has 7 nitrogen and oxygen atoms in total. The Balaban J connectivity index is 1.26. The Morgan fingerprint density at radius 2 is 1.87 bits per heavy atom. The summed E-state index contributed by atoms with van der Waals surface area (Å²) in [5.41, 5.74) is 3.54. The first-order valence-corrected chi connectivity index (χ1v) is 11.6. The maximum absolute atomic E-state index is 12.6. The van der Waals surface area contributed by atoms with Gasteiger partial charge in [0.2, 0.25) is 5.91 Å². The zero-order valence-corrected chi connectivity index (χ0v) is 18.1. The molecule has 0 atom stereocenters. The Hall–Kier alpha value is -2.71. The number of rotatable bonds is 4. The second kappa shape index (κ2) is 8.09. The molecule has 4 heterocycles. The van der Waals surface area contributed by atoms with Gasteiger partial charge in [-0.1, -0.05) is 6.07 Å². The normalized spacial score (nSPS) is 19.1. The molecule has 3 aliphatic rings. The van der Waals surface area contributed by atoms with Crippen LogP contribution in [0.4, 0.5) is 11.4 Å². The molecule has 2 N–H and O–H groups in total. The molecule has 0 bridgehead atoms. The Morgan fingerprint density at radius 3 is 2.61 bits per heavy atom.